The molecular formula is C8H17N3O2. The first-order valence-electron chi connectivity index (χ1n) is 4.19. The zero-order valence-electron chi connectivity index (χ0n) is 8.33. The summed E-state index contributed by atoms with van der Waals surface area (Å²) >= 11 is 0. The molecule has 0 spiro atoms. The van der Waals surface area contributed by atoms with Gasteiger partial charge in [0, 0.05) is 13.1 Å². The maximum absolute atomic E-state index is 11.3. The first-order chi connectivity index (χ1) is 5.95. The normalized spacial score (nSPS) is 10.2. The second-order valence-electron chi connectivity index (χ2n) is 3.17. The number of hydrogen-bond acceptors (Lipinski definition) is 3. The van der Waals surface area contributed by atoms with E-state index in [1.165, 1.54) is 0 Å². The Labute approximate surface area is 78.3 Å². The second-order valence-corrected chi connectivity index (χ2v) is 3.17. The average Bonchev–Trinajstić information content (AvgIpc) is 2.02. The number of amides is 2. The fourth-order valence-corrected chi connectivity index (χ4v) is 0.705. The molecule has 5 heteroatoms. The lowest BCUT2D eigenvalue weighted by Gasteiger charge is -2.21. The lowest BCUT2D eigenvalue weighted by Crippen LogP contribution is -2.41. The van der Waals surface area contributed by atoms with Gasteiger partial charge in [0.1, 0.15) is 0 Å². The van der Waals surface area contributed by atoms with Gasteiger partial charge in [0.25, 0.3) is 0 Å². The Bertz CT molecular complexity index is 192. The third-order valence-corrected chi connectivity index (χ3v) is 1.74. The Kier molecular flexibility index (Phi) is 5.06. The molecule has 0 radical (unpaired) electrons. The highest BCUT2D eigenvalue weighted by atomic mass is 16.2. The molecule has 76 valence electrons. The van der Waals surface area contributed by atoms with Crippen molar-refractivity contribution in [2.75, 3.05) is 20.1 Å². The number of nitrogens with zero attached hydrogens (tertiary/aromatic N) is 1. The van der Waals surface area contributed by atoms with Crippen LogP contribution in [0.25, 0.3) is 0 Å². The van der Waals surface area contributed by atoms with Crippen molar-refractivity contribution >= 4 is 11.8 Å². The predicted molar refractivity (Wildman–Crippen MR) is 50.0 cm³/mol. The highest BCUT2D eigenvalue weighted by molar-refractivity contribution is 5.80. The predicted octanol–water partition coefficient (Wildman–Crippen LogP) is -1.07. The Hall–Kier alpha value is -1.10. The standard InChI is InChI=1S/C8H17N3O2/c1-6(2)11(3)8(13)5-10-4-7(9)12/h6,10H,4-5H2,1-3H3,(H2,9,12). The van der Waals surface area contributed by atoms with Crippen molar-refractivity contribution in [2.24, 2.45) is 5.73 Å². The van der Waals surface area contributed by atoms with Gasteiger partial charge in [-0.05, 0) is 13.8 Å². The third kappa shape index (κ3) is 5.19. The van der Waals surface area contributed by atoms with Gasteiger partial charge in [0.2, 0.25) is 11.8 Å². The summed E-state index contributed by atoms with van der Waals surface area (Å²) in [5, 5.41) is 2.65. The molecule has 0 aromatic rings. The van der Waals surface area contributed by atoms with Crippen molar-refractivity contribution in [3.05, 3.63) is 0 Å². The Morgan fingerprint density at radius 2 is 1.92 bits per heavy atom. The van der Waals surface area contributed by atoms with Crippen molar-refractivity contribution in [3.63, 3.8) is 0 Å². The second kappa shape index (κ2) is 5.53. The van der Waals surface area contributed by atoms with Crippen molar-refractivity contribution in [3.8, 4) is 0 Å². The lowest BCUT2D eigenvalue weighted by atomic mass is 10.3. The van der Waals surface area contributed by atoms with Gasteiger partial charge in [-0.15, -0.1) is 0 Å². The number of rotatable bonds is 5. The van der Waals surface area contributed by atoms with Crippen LogP contribution in [0.2, 0.25) is 0 Å². The molecule has 13 heavy (non-hydrogen) atoms. The number of carbonyl (C=O) groups is 2. The van der Waals surface area contributed by atoms with Crippen LogP contribution in [0.4, 0.5) is 0 Å². The quantitative estimate of drug-likeness (QED) is 0.575. The first kappa shape index (κ1) is 11.9. The Morgan fingerprint density at radius 3 is 2.31 bits per heavy atom. The number of nitrogens with two attached hydrogens (primary N) is 1. The maximum Gasteiger partial charge on any atom is 0.236 e. The van der Waals surface area contributed by atoms with Crippen molar-refractivity contribution in [1.29, 1.82) is 0 Å². The van der Waals surface area contributed by atoms with E-state index in [1.54, 1.807) is 11.9 Å². The molecule has 0 fully saturated rings. The number of primary amides is 1. The molecule has 0 saturated carbocycles. The molecule has 0 aliphatic rings. The summed E-state index contributed by atoms with van der Waals surface area (Å²) in [4.78, 5) is 23.2. The maximum atomic E-state index is 11.3. The molecule has 0 unspecified atom stereocenters. The molecule has 0 aromatic carbocycles. The topological polar surface area (TPSA) is 75.4 Å². The van der Waals surface area contributed by atoms with Gasteiger partial charge < -0.3 is 10.6 Å². The Balaban J connectivity index is 3.68. The molecule has 0 saturated heterocycles. The van der Waals surface area contributed by atoms with E-state index in [0.29, 0.717) is 0 Å². The molecule has 0 aliphatic carbocycles. The molecule has 2 amide bonds. The van der Waals surface area contributed by atoms with Gasteiger partial charge in [0.15, 0.2) is 0 Å². The van der Waals surface area contributed by atoms with Crippen LogP contribution >= 0.6 is 0 Å². The van der Waals surface area contributed by atoms with E-state index in [4.69, 9.17) is 5.73 Å². The van der Waals surface area contributed by atoms with Crippen LogP contribution < -0.4 is 11.1 Å². The van der Waals surface area contributed by atoms with Crippen LogP contribution in [0.1, 0.15) is 13.8 Å². The summed E-state index contributed by atoms with van der Waals surface area (Å²) in [7, 11) is 1.72. The third-order valence-electron chi connectivity index (χ3n) is 1.74. The monoisotopic (exact) mass is 187 g/mol. The molecular weight excluding hydrogens is 170 g/mol. The summed E-state index contributed by atoms with van der Waals surface area (Å²) in [6.45, 7) is 4.03. The molecule has 5 nitrogen and oxygen atoms in total. The summed E-state index contributed by atoms with van der Waals surface area (Å²) in [6.07, 6.45) is 0. The summed E-state index contributed by atoms with van der Waals surface area (Å²) in [5.74, 6) is -0.503. The zero-order valence-corrected chi connectivity index (χ0v) is 8.33. The molecule has 0 aromatic heterocycles. The molecule has 0 heterocycles. The van der Waals surface area contributed by atoms with E-state index >= 15 is 0 Å². The SMILES string of the molecule is CC(C)N(C)C(=O)CNCC(N)=O. The van der Waals surface area contributed by atoms with E-state index in [2.05, 4.69) is 5.32 Å². The molecule has 0 bridgehead atoms. The number of likely N-dealkylation sites (N-methyl/N-ethyl adjacent to an activating group) is 1. The molecule has 0 rings (SSSR count). The van der Waals surface area contributed by atoms with E-state index in [9.17, 15) is 9.59 Å². The fraction of sp³-hybridized carbons (Fsp3) is 0.750. The van der Waals surface area contributed by atoms with Gasteiger partial charge in [-0.25, -0.2) is 0 Å². The van der Waals surface area contributed by atoms with Crippen molar-refractivity contribution < 1.29 is 9.59 Å². The van der Waals surface area contributed by atoms with Crippen LogP contribution in [0.5, 0.6) is 0 Å². The minimum atomic E-state index is -0.458. The lowest BCUT2D eigenvalue weighted by molar-refractivity contribution is -0.130. The van der Waals surface area contributed by atoms with E-state index < -0.39 is 5.91 Å². The van der Waals surface area contributed by atoms with Crippen LogP contribution in [-0.4, -0.2) is 42.9 Å². The van der Waals surface area contributed by atoms with Crippen LogP contribution in [-0.2, 0) is 9.59 Å². The minimum Gasteiger partial charge on any atom is -0.369 e. The summed E-state index contributed by atoms with van der Waals surface area (Å²) in [6, 6.07) is 0.169. The van der Waals surface area contributed by atoms with Gasteiger partial charge in [0.05, 0.1) is 13.1 Å². The minimum absolute atomic E-state index is 0.0394. The number of nitrogens with one attached hydrogen (secondary N) is 1. The van der Waals surface area contributed by atoms with Gasteiger partial charge in [-0.1, -0.05) is 0 Å². The first-order valence-corrected chi connectivity index (χ1v) is 4.19. The highest BCUT2D eigenvalue weighted by Crippen LogP contribution is 1.92. The van der Waals surface area contributed by atoms with Crippen LogP contribution in [0.3, 0.4) is 0 Å². The van der Waals surface area contributed by atoms with Crippen LogP contribution in [0, 0.1) is 0 Å². The van der Waals surface area contributed by atoms with Crippen LogP contribution in [0.15, 0.2) is 0 Å². The number of carbonyl (C=O) groups excluding carboxylic acids is 2. The smallest absolute Gasteiger partial charge is 0.236 e. The number of hydrogen-bond donors (Lipinski definition) is 2. The van der Waals surface area contributed by atoms with E-state index in [-0.39, 0.29) is 25.0 Å². The van der Waals surface area contributed by atoms with Crippen molar-refractivity contribution in [2.45, 2.75) is 19.9 Å². The van der Waals surface area contributed by atoms with Gasteiger partial charge >= 0.3 is 0 Å². The average molecular weight is 187 g/mol. The molecule has 3 N–H and O–H groups in total. The summed E-state index contributed by atoms with van der Waals surface area (Å²) < 4.78 is 0. The van der Waals surface area contributed by atoms with Crippen molar-refractivity contribution in [1.82, 2.24) is 10.2 Å². The Morgan fingerprint density at radius 1 is 1.38 bits per heavy atom. The van der Waals surface area contributed by atoms with Gasteiger partial charge in [-0.2, -0.15) is 0 Å². The molecule has 0 atom stereocenters. The molecule has 0 aliphatic heterocycles. The van der Waals surface area contributed by atoms with E-state index in [0.717, 1.165) is 0 Å². The fourth-order valence-electron chi connectivity index (χ4n) is 0.705. The zero-order chi connectivity index (χ0) is 10.4. The van der Waals surface area contributed by atoms with Gasteiger partial charge in [-0.3, -0.25) is 14.9 Å². The largest absolute Gasteiger partial charge is 0.369 e. The summed E-state index contributed by atoms with van der Waals surface area (Å²) in [5.41, 5.74) is 4.89. The van der Waals surface area contributed by atoms with E-state index in [1.807, 2.05) is 13.8 Å². The highest BCUT2D eigenvalue weighted by Gasteiger charge is 2.10.